The van der Waals surface area contributed by atoms with Crippen LogP contribution in [0.25, 0.3) is 0 Å². The van der Waals surface area contributed by atoms with Crippen molar-refractivity contribution in [3.63, 3.8) is 0 Å². The maximum atomic E-state index is 9.74. The second kappa shape index (κ2) is 6.79. The molecule has 0 aliphatic carbocycles. The zero-order valence-corrected chi connectivity index (χ0v) is 10.7. The molecule has 3 atom stereocenters. The van der Waals surface area contributed by atoms with Crippen LogP contribution in [0.5, 0.6) is 0 Å². The van der Waals surface area contributed by atoms with E-state index in [4.69, 9.17) is 5.11 Å². The molecule has 0 aromatic carbocycles. The summed E-state index contributed by atoms with van der Waals surface area (Å²) in [5.41, 5.74) is 1.28. The van der Waals surface area contributed by atoms with Gasteiger partial charge in [-0.3, -0.25) is 0 Å². The molecular weight excluding hydrogens is 279 g/mol. The summed E-state index contributed by atoms with van der Waals surface area (Å²) >= 11 is 2.20. The van der Waals surface area contributed by atoms with Crippen molar-refractivity contribution in [2.45, 2.75) is 33.3 Å². The van der Waals surface area contributed by atoms with Crippen LogP contribution in [0.15, 0.2) is 9.66 Å². The summed E-state index contributed by atoms with van der Waals surface area (Å²) in [5.74, 6) is 0.185. The van der Waals surface area contributed by atoms with Gasteiger partial charge in [-0.2, -0.15) is 0 Å². The van der Waals surface area contributed by atoms with E-state index in [-0.39, 0.29) is 18.4 Å². The molecule has 13 heavy (non-hydrogen) atoms. The summed E-state index contributed by atoms with van der Waals surface area (Å²) in [6, 6.07) is 0. The van der Waals surface area contributed by atoms with E-state index in [1.54, 1.807) is 0 Å². The summed E-state index contributed by atoms with van der Waals surface area (Å²) < 4.78 is 2.03. The van der Waals surface area contributed by atoms with Gasteiger partial charge in [0.15, 0.2) is 0 Å². The Kier molecular flexibility index (Phi) is 6.99. The van der Waals surface area contributed by atoms with Gasteiger partial charge in [-0.25, -0.2) is 0 Å². The molecule has 0 bridgehead atoms. The minimum atomic E-state index is -0.406. The maximum absolute atomic E-state index is 9.74. The molecule has 2 N–H and O–H groups in total. The molecule has 0 heterocycles. The summed E-state index contributed by atoms with van der Waals surface area (Å²) in [4.78, 5) is 0. The highest BCUT2D eigenvalue weighted by Crippen LogP contribution is 2.20. The molecule has 0 aromatic rings. The van der Waals surface area contributed by atoms with Crippen molar-refractivity contribution < 1.29 is 10.2 Å². The lowest BCUT2D eigenvalue weighted by molar-refractivity contribution is 0.0369. The highest BCUT2D eigenvalue weighted by Gasteiger charge is 2.20. The average Bonchev–Trinajstić information content (AvgIpc) is 2.14. The number of aliphatic hydroxyl groups is 2. The Labute approximate surface area is 94.2 Å². The molecule has 0 unspecified atom stereocenters. The maximum Gasteiger partial charge on any atom is 0.0616 e. The first-order chi connectivity index (χ1) is 6.02. The monoisotopic (exact) mass is 298 g/mol. The fraction of sp³-hybridized carbons (Fsp3) is 0.800. The molecule has 0 rings (SSSR count). The van der Waals surface area contributed by atoms with Crippen molar-refractivity contribution in [1.82, 2.24) is 0 Å². The Morgan fingerprint density at radius 2 is 1.92 bits per heavy atom. The molecule has 0 saturated carbocycles. The number of hydrogen-bond donors (Lipinski definition) is 2. The number of aliphatic hydroxyl groups excluding tert-OH is 2. The van der Waals surface area contributed by atoms with Crippen molar-refractivity contribution in [3.8, 4) is 0 Å². The van der Waals surface area contributed by atoms with Gasteiger partial charge < -0.3 is 10.2 Å². The summed E-state index contributed by atoms with van der Waals surface area (Å²) in [6.07, 6.45) is 0.491. The van der Waals surface area contributed by atoms with Gasteiger partial charge in [-0.1, -0.05) is 42.0 Å². The number of halogens is 1. The Bertz CT molecular complexity index is 168. The minimum Gasteiger partial charge on any atom is -0.396 e. The van der Waals surface area contributed by atoms with Gasteiger partial charge in [0, 0.05) is 12.5 Å². The van der Waals surface area contributed by atoms with Crippen molar-refractivity contribution in [2.75, 3.05) is 6.61 Å². The van der Waals surface area contributed by atoms with Crippen molar-refractivity contribution >= 4 is 22.6 Å². The predicted molar refractivity (Wildman–Crippen MR) is 63.8 cm³/mol. The van der Waals surface area contributed by atoms with E-state index in [9.17, 15) is 5.11 Å². The lowest BCUT2D eigenvalue weighted by Gasteiger charge is -2.23. The van der Waals surface area contributed by atoms with Crippen LogP contribution in [-0.4, -0.2) is 22.9 Å². The Morgan fingerprint density at radius 1 is 1.38 bits per heavy atom. The van der Waals surface area contributed by atoms with Gasteiger partial charge in [-0.05, 0) is 23.3 Å². The van der Waals surface area contributed by atoms with Crippen LogP contribution in [0.1, 0.15) is 27.2 Å². The van der Waals surface area contributed by atoms with Gasteiger partial charge in [0.2, 0.25) is 0 Å². The van der Waals surface area contributed by atoms with Crippen LogP contribution in [0.2, 0.25) is 0 Å². The van der Waals surface area contributed by atoms with Gasteiger partial charge in [0.05, 0.1) is 6.10 Å². The number of allylic oxidation sites excluding steroid dienone is 1. The largest absolute Gasteiger partial charge is 0.396 e. The first-order valence-electron chi connectivity index (χ1n) is 4.57. The first kappa shape index (κ1) is 13.4. The number of rotatable bonds is 5. The molecule has 0 radical (unpaired) electrons. The Hall–Kier alpha value is 0.390. The lowest BCUT2D eigenvalue weighted by Crippen LogP contribution is -2.28. The van der Waals surface area contributed by atoms with E-state index in [1.807, 2.05) is 17.9 Å². The zero-order chi connectivity index (χ0) is 10.4. The standard InChI is InChI=1S/C10H19IO2/c1-7(5-11)4-8(2)10(13)9(3)6-12/h5,8-10,12-13H,4,6H2,1-3H3/b7-5+/t8-,9+,10-/m0/s1. The smallest absolute Gasteiger partial charge is 0.0616 e. The van der Waals surface area contributed by atoms with Crippen LogP contribution in [0, 0.1) is 11.8 Å². The minimum absolute atomic E-state index is 0.0305. The van der Waals surface area contributed by atoms with E-state index in [1.165, 1.54) is 5.57 Å². The predicted octanol–water partition coefficient (Wildman–Crippen LogP) is 2.34. The molecule has 0 fully saturated rings. The van der Waals surface area contributed by atoms with E-state index < -0.39 is 6.10 Å². The highest BCUT2D eigenvalue weighted by atomic mass is 127. The van der Waals surface area contributed by atoms with Crippen molar-refractivity contribution in [1.29, 1.82) is 0 Å². The van der Waals surface area contributed by atoms with Gasteiger partial charge >= 0.3 is 0 Å². The van der Waals surface area contributed by atoms with Gasteiger partial charge in [0.1, 0.15) is 0 Å². The van der Waals surface area contributed by atoms with Gasteiger partial charge in [-0.15, -0.1) is 0 Å². The third kappa shape index (κ3) is 4.98. The van der Waals surface area contributed by atoms with Crippen LogP contribution in [-0.2, 0) is 0 Å². The van der Waals surface area contributed by atoms with Crippen molar-refractivity contribution in [3.05, 3.63) is 9.66 Å². The van der Waals surface area contributed by atoms with Crippen LogP contribution >= 0.6 is 22.6 Å². The first-order valence-corrected chi connectivity index (χ1v) is 5.82. The third-order valence-corrected chi connectivity index (χ3v) is 3.35. The van der Waals surface area contributed by atoms with Gasteiger partial charge in [0.25, 0.3) is 0 Å². The molecule has 3 heteroatoms. The molecular formula is C10H19IO2. The molecule has 0 spiro atoms. The van der Waals surface area contributed by atoms with E-state index in [0.29, 0.717) is 0 Å². The van der Waals surface area contributed by atoms with E-state index in [2.05, 4.69) is 29.5 Å². The van der Waals surface area contributed by atoms with Crippen LogP contribution in [0.3, 0.4) is 0 Å². The molecule has 0 aliphatic rings. The van der Waals surface area contributed by atoms with E-state index in [0.717, 1.165) is 6.42 Å². The van der Waals surface area contributed by atoms with Crippen LogP contribution < -0.4 is 0 Å². The SMILES string of the molecule is C/C(=C\I)C[C@H](C)[C@H](O)[C@H](C)CO. The zero-order valence-electron chi connectivity index (χ0n) is 8.50. The fourth-order valence-corrected chi connectivity index (χ4v) is 1.60. The summed E-state index contributed by atoms with van der Waals surface area (Å²) in [6.45, 7) is 5.99. The van der Waals surface area contributed by atoms with Crippen molar-refractivity contribution in [2.24, 2.45) is 11.8 Å². The summed E-state index contributed by atoms with van der Waals surface area (Å²) in [7, 11) is 0. The second-order valence-corrected chi connectivity index (χ2v) is 4.41. The molecule has 78 valence electrons. The molecule has 0 saturated heterocycles. The average molecular weight is 298 g/mol. The molecule has 0 aromatic heterocycles. The van der Waals surface area contributed by atoms with Crippen LogP contribution in [0.4, 0.5) is 0 Å². The Balaban J connectivity index is 4.02. The topological polar surface area (TPSA) is 40.5 Å². The second-order valence-electron chi connectivity index (χ2n) is 3.79. The fourth-order valence-electron chi connectivity index (χ4n) is 1.34. The van der Waals surface area contributed by atoms with E-state index >= 15 is 0 Å². The number of hydrogen-bond acceptors (Lipinski definition) is 2. The quantitative estimate of drug-likeness (QED) is 0.765. The highest BCUT2D eigenvalue weighted by molar-refractivity contribution is 14.1. The molecule has 2 nitrogen and oxygen atoms in total. The lowest BCUT2D eigenvalue weighted by atomic mass is 9.90. The normalized spacial score (nSPS) is 19.7. The molecule has 0 amide bonds. The summed E-state index contributed by atoms with van der Waals surface area (Å²) in [5, 5.41) is 18.6. The third-order valence-electron chi connectivity index (χ3n) is 2.28. The molecule has 0 aliphatic heterocycles. The Morgan fingerprint density at radius 3 is 2.31 bits per heavy atom.